The lowest BCUT2D eigenvalue weighted by atomic mass is 10.2. The molecule has 2 rings (SSSR count). The fourth-order valence-corrected chi connectivity index (χ4v) is 2.15. The van der Waals surface area contributed by atoms with Gasteiger partial charge in [0.2, 0.25) is 5.82 Å². The van der Waals surface area contributed by atoms with Gasteiger partial charge in [0.1, 0.15) is 5.82 Å². The number of nitro groups is 1. The summed E-state index contributed by atoms with van der Waals surface area (Å²) in [5, 5.41) is 12.8. The molecular formula is C16H11ClF2N2O5. The highest BCUT2D eigenvalue weighted by molar-refractivity contribution is 6.33. The second-order valence-electron chi connectivity index (χ2n) is 5.08. The number of amides is 1. The maximum atomic E-state index is 13.3. The van der Waals surface area contributed by atoms with Crippen LogP contribution in [-0.4, -0.2) is 22.9 Å². The number of nitro benzene ring substituents is 1. The van der Waals surface area contributed by atoms with E-state index in [0.29, 0.717) is 0 Å². The summed E-state index contributed by atoms with van der Waals surface area (Å²) in [4.78, 5) is 33.8. The Balaban J connectivity index is 2.07. The number of hydrogen-bond acceptors (Lipinski definition) is 5. The minimum absolute atomic E-state index is 0.0502. The standard InChI is InChI=1S/C16H11ClF2N2O5/c1-8(26-16(23)11-4-2-9(18)6-12(11)17)15(22)20-10-3-5-13(19)14(7-10)21(24)25/h2-8H,1H3,(H,20,22). The van der Waals surface area contributed by atoms with Crippen LogP contribution in [0, 0.1) is 21.7 Å². The molecule has 0 saturated heterocycles. The Hall–Kier alpha value is -3.07. The van der Waals surface area contributed by atoms with Gasteiger partial charge in [0.05, 0.1) is 15.5 Å². The van der Waals surface area contributed by atoms with Gasteiger partial charge in [-0.25, -0.2) is 9.18 Å². The largest absolute Gasteiger partial charge is 0.449 e. The lowest BCUT2D eigenvalue weighted by Crippen LogP contribution is -2.30. The Kier molecular flexibility index (Phi) is 5.83. The van der Waals surface area contributed by atoms with Gasteiger partial charge in [-0.1, -0.05) is 11.6 Å². The Morgan fingerprint density at radius 2 is 1.92 bits per heavy atom. The van der Waals surface area contributed by atoms with Gasteiger partial charge in [0.25, 0.3) is 5.91 Å². The molecule has 136 valence electrons. The maximum absolute atomic E-state index is 13.3. The van der Waals surface area contributed by atoms with Crippen LogP contribution < -0.4 is 5.32 Å². The second-order valence-corrected chi connectivity index (χ2v) is 5.49. The minimum atomic E-state index is -1.30. The van der Waals surface area contributed by atoms with Gasteiger partial charge in [-0.2, -0.15) is 4.39 Å². The summed E-state index contributed by atoms with van der Waals surface area (Å²) in [6.45, 7) is 1.25. The number of nitrogens with one attached hydrogen (secondary N) is 1. The van der Waals surface area contributed by atoms with Crippen molar-refractivity contribution in [1.82, 2.24) is 0 Å². The molecule has 0 radical (unpaired) electrons. The molecule has 0 heterocycles. The van der Waals surface area contributed by atoms with E-state index in [4.69, 9.17) is 16.3 Å². The molecule has 2 aromatic carbocycles. The lowest BCUT2D eigenvalue weighted by Gasteiger charge is -2.14. The van der Waals surface area contributed by atoms with Crippen LogP contribution in [0.4, 0.5) is 20.2 Å². The van der Waals surface area contributed by atoms with Crippen molar-refractivity contribution in [2.24, 2.45) is 0 Å². The van der Waals surface area contributed by atoms with Crippen LogP contribution in [-0.2, 0) is 9.53 Å². The fourth-order valence-electron chi connectivity index (χ4n) is 1.91. The average Bonchev–Trinajstić information content (AvgIpc) is 2.55. The van der Waals surface area contributed by atoms with Crippen molar-refractivity contribution in [3.8, 4) is 0 Å². The Morgan fingerprint density at radius 1 is 1.23 bits per heavy atom. The molecule has 0 bridgehead atoms. The number of hydrogen-bond donors (Lipinski definition) is 1. The molecule has 1 atom stereocenters. The summed E-state index contributed by atoms with van der Waals surface area (Å²) in [7, 11) is 0. The van der Waals surface area contributed by atoms with Crippen molar-refractivity contribution in [2.45, 2.75) is 13.0 Å². The molecule has 1 unspecified atom stereocenters. The van der Waals surface area contributed by atoms with Crippen LogP contribution >= 0.6 is 11.6 Å². The number of ether oxygens (including phenoxy) is 1. The van der Waals surface area contributed by atoms with E-state index in [9.17, 15) is 28.5 Å². The number of rotatable bonds is 5. The minimum Gasteiger partial charge on any atom is -0.449 e. The summed E-state index contributed by atoms with van der Waals surface area (Å²) < 4.78 is 31.2. The predicted octanol–water partition coefficient (Wildman–Crippen LogP) is 3.71. The zero-order valence-electron chi connectivity index (χ0n) is 13.2. The quantitative estimate of drug-likeness (QED) is 0.481. The molecule has 0 fully saturated rings. The number of carbonyl (C=O) groups is 2. The van der Waals surface area contributed by atoms with Crippen molar-refractivity contribution >= 4 is 34.9 Å². The van der Waals surface area contributed by atoms with Crippen molar-refractivity contribution < 1.29 is 28.0 Å². The maximum Gasteiger partial charge on any atom is 0.340 e. The molecule has 1 N–H and O–H groups in total. The summed E-state index contributed by atoms with van der Waals surface area (Å²) in [5.74, 6) is -3.46. The highest BCUT2D eigenvalue weighted by atomic mass is 35.5. The van der Waals surface area contributed by atoms with Crippen molar-refractivity contribution in [3.05, 3.63) is 68.7 Å². The van der Waals surface area contributed by atoms with Gasteiger partial charge >= 0.3 is 11.7 Å². The van der Waals surface area contributed by atoms with E-state index in [1.165, 1.54) is 6.92 Å². The molecule has 1 amide bonds. The number of anilines is 1. The van der Waals surface area contributed by atoms with Crippen LogP contribution in [0.2, 0.25) is 5.02 Å². The first-order valence-electron chi connectivity index (χ1n) is 7.10. The normalized spacial score (nSPS) is 11.5. The van der Waals surface area contributed by atoms with E-state index in [2.05, 4.69) is 5.32 Å². The van der Waals surface area contributed by atoms with Gasteiger partial charge in [-0.05, 0) is 37.3 Å². The van der Waals surface area contributed by atoms with E-state index < -0.39 is 40.2 Å². The van der Waals surface area contributed by atoms with Gasteiger partial charge in [0, 0.05) is 11.8 Å². The number of halogens is 3. The van der Waals surface area contributed by atoms with Crippen molar-refractivity contribution in [3.63, 3.8) is 0 Å². The number of benzene rings is 2. The van der Waals surface area contributed by atoms with E-state index in [1.807, 2.05) is 0 Å². The highest BCUT2D eigenvalue weighted by Crippen LogP contribution is 2.22. The molecule has 0 spiro atoms. The summed E-state index contributed by atoms with van der Waals surface area (Å²) in [6, 6.07) is 5.80. The van der Waals surface area contributed by atoms with E-state index >= 15 is 0 Å². The van der Waals surface area contributed by atoms with Gasteiger partial charge in [0.15, 0.2) is 6.10 Å². The molecule has 0 saturated carbocycles. The number of carbonyl (C=O) groups excluding carboxylic acids is 2. The monoisotopic (exact) mass is 384 g/mol. The van der Waals surface area contributed by atoms with Crippen molar-refractivity contribution in [2.75, 3.05) is 5.32 Å². The average molecular weight is 385 g/mol. The van der Waals surface area contributed by atoms with Crippen LogP contribution in [0.3, 0.4) is 0 Å². The fraction of sp³-hybridized carbons (Fsp3) is 0.125. The van der Waals surface area contributed by atoms with Gasteiger partial charge in [-0.3, -0.25) is 14.9 Å². The van der Waals surface area contributed by atoms with Crippen LogP contribution in [0.15, 0.2) is 36.4 Å². The molecule has 0 aliphatic heterocycles. The predicted molar refractivity (Wildman–Crippen MR) is 88.0 cm³/mol. The molecule has 26 heavy (non-hydrogen) atoms. The first-order valence-corrected chi connectivity index (χ1v) is 7.47. The van der Waals surface area contributed by atoms with Crippen LogP contribution in [0.1, 0.15) is 17.3 Å². The second kappa shape index (κ2) is 7.87. The molecule has 0 aromatic heterocycles. The lowest BCUT2D eigenvalue weighted by molar-refractivity contribution is -0.387. The van der Waals surface area contributed by atoms with Crippen LogP contribution in [0.25, 0.3) is 0 Å². The van der Waals surface area contributed by atoms with E-state index in [1.54, 1.807) is 0 Å². The Labute approximate surface area is 150 Å². The molecular weight excluding hydrogens is 374 g/mol. The SMILES string of the molecule is CC(OC(=O)c1ccc(F)cc1Cl)C(=O)Nc1ccc(F)c([N+](=O)[O-])c1. The summed E-state index contributed by atoms with van der Waals surface area (Å²) >= 11 is 5.74. The van der Waals surface area contributed by atoms with E-state index in [0.717, 1.165) is 36.4 Å². The van der Waals surface area contributed by atoms with Gasteiger partial charge in [-0.15, -0.1) is 0 Å². The first kappa shape index (κ1) is 19.3. The summed E-state index contributed by atoms with van der Waals surface area (Å²) in [5.41, 5.74) is -0.999. The molecule has 2 aromatic rings. The molecule has 0 aliphatic rings. The Bertz CT molecular complexity index is 891. The van der Waals surface area contributed by atoms with Crippen LogP contribution in [0.5, 0.6) is 0 Å². The van der Waals surface area contributed by atoms with Crippen molar-refractivity contribution in [1.29, 1.82) is 0 Å². The Morgan fingerprint density at radius 3 is 2.54 bits per heavy atom. The van der Waals surface area contributed by atoms with E-state index in [-0.39, 0.29) is 16.3 Å². The zero-order valence-corrected chi connectivity index (χ0v) is 13.9. The zero-order chi connectivity index (χ0) is 19.4. The number of nitrogens with zero attached hydrogens (tertiary/aromatic N) is 1. The third kappa shape index (κ3) is 4.51. The highest BCUT2D eigenvalue weighted by Gasteiger charge is 2.22. The smallest absolute Gasteiger partial charge is 0.340 e. The number of esters is 1. The first-order chi connectivity index (χ1) is 12.2. The third-order valence-corrected chi connectivity index (χ3v) is 3.53. The summed E-state index contributed by atoms with van der Waals surface area (Å²) in [6.07, 6.45) is -1.30. The third-order valence-electron chi connectivity index (χ3n) is 3.21. The molecule has 10 heteroatoms. The van der Waals surface area contributed by atoms with Gasteiger partial charge < -0.3 is 10.1 Å². The molecule has 0 aliphatic carbocycles. The topological polar surface area (TPSA) is 98.5 Å². The molecule has 7 nitrogen and oxygen atoms in total.